The van der Waals surface area contributed by atoms with Gasteiger partial charge >= 0.3 is 0 Å². The largest absolute Gasteiger partial charge is 0.493 e. The zero-order valence-corrected chi connectivity index (χ0v) is 19.6. The number of ether oxygens (including phenoxy) is 1. The van der Waals surface area contributed by atoms with Crippen molar-refractivity contribution < 1.29 is 19.1 Å². The summed E-state index contributed by atoms with van der Waals surface area (Å²) < 4.78 is 5.64. The number of amides is 3. The Balaban J connectivity index is 1.32. The van der Waals surface area contributed by atoms with Crippen molar-refractivity contribution in [1.82, 2.24) is 9.80 Å². The van der Waals surface area contributed by atoms with Gasteiger partial charge in [0.1, 0.15) is 5.75 Å². The molecule has 180 valence electrons. The molecule has 2 aliphatic heterocycles. The molecule has 0 saturated carbocycles. The first-order valence-corrected chi connectivity index (χ1v) is 12.3. The van der Waals surface area contributed by atoms with Gasteiger partial charge in [-0.05, 0) is 56.4 Å². The van der Waals surface area contributed by atoms with Crippen LogP contribution in [-0.2, 0) is 9.59 Å². The van der Waals surface area contributed by atoms with Crippen LogP contribution < -0.4 is 10.1 Å². The number of para-hydroxylation sites is 2. The van der Waals surface area contributed by atoms with E-state index < -0.39 is 0 Å². The van der Waals surface area contributed by atoms with Crippen molar-refractivity contribution in [3.63, 3.8) is 0 Å². The summed E-state index contributed by atoms with van der Waals surface area (Å²) in [5.74, 6) is 0.260. The molecule has 1 unspecified atom stereocenters. The standard InChI is InChI=1S/C27H33N3O4/c31-25(15-19-34-22-11-3-1-4-12-22)30-18-9-10-21(20-30)26(32)28-24-14-6-5-13-23(24)27(33)29-16-7-2-8-17-29/h1,3-6,11-14,21H,2,7-10,15-20H2,(H,28,32). The Labute approximate surface area is 201 Å². The van der Waals surface area contributed by atoms with Gasteiger partial charge in [0.2, 0.25) is 11.8 Å². The summed E-state index contributed by atoms with van der Waals surface area (Å²) in [6.45, 7) is 2.86. The Morgan fingerprint density at radius 2 is 1.56 bits per heavy atom. The number of carbonyl (C=O) groups excluding carboxylic acids is 3. The lowest BCUT2D eigenvalue weighted by atomic mass is 9.96. The van der Waals surface area contributed by atoms with Crippen LogP contribution in [0.15, 0.2) is 54.6 Å². The lowest BCUT2D eigenvalue weighted by molar-refractivity contribution is -0.135. The second-order valence-electron chi connectivity index (χ2n) is 8.98. The number of benzene rings is 2. The van der Waals surface area contributed by atoms with E-state index >= 15 is 0 Å². The number of anilines is 1. The minimum atomic E-state index is -0.300. The Kier molecular flexibility index (Phi) is 8.17. The summed E-state index contributed by atoms with van der Waals surface area (Å²) in [6.07, 6.45) is 4.95. The van der Waals surface area contributed by atoms with E-state index in [9.17, 15) is 14.4 Å². The smallest absolute Gasteiger partial charge is 0.255 e. The number of hydrogen-bond acceptors (Lipinski definition) is 4. The Morgan fingerprint density at radius 1 is 0.853 bits per heavy atom. The van der Waals surface area contributed by atoms with Gasteiger partial charge in [0.15, 0.2) is 0 Å². The van der Waals surface area contributed by atoms with Gasteiger partial charge in [-0.15, -0.1) is 0 Å². The fraction of sp³-hybridized carbons (Fsp3) is 0.444. The number of likely N-dealkylation sites (tertiary alicyclic amines) is 2. The average molecular weight is 464 g/mol. The van der Waals surface area contributed by atoms with Gasteiger partial charge in [0.25, 0.3) is 5.91 Å². The quantitative estimate of drug-likeness (QED) is 0.674. The van der Waals surface area contributed by atoms with Gasteiger partial charge < -0.3 is 19.9 Å². The number of hydrogen-bond donors (Lipinski definition) is 1. The maximum absolute atomic E-state index is 13.1. The number of nitrogens with one attached hydrogen (secondary N) is 1. The molecule has 0 aromatic heterocycles. The van der Waals surface area contributed by atoms with Crippen molar-refractivity contribution in [3.8, 4) is 5.75 Å². The molecular formula is C27H33N3O4. The van der Waals surface area contributed by atoms with Gasteiger partial charge in [-0.1, -0.05) is 30.3 Å². The monoisotopic (exact) mass is 463 g/mol. The predicted octanol–water partition coefficient (Wildman–Crippen LogP) is 3.96. The maximum Gasteiger partial charge on any atom is 0.255 e. The van der Waals surface area contributed by atoms with E-state index in [0.717, 1.165) is 50.9 Å². The van der Waals surface area contributed by atoms with E-state index in [1.165, 1.54) is 0 Å². The summed E-state index contributed by atoms with van der Waals surface area (Å²) >= 11 is 0. The van der Waals surface area contributed by atoms with E-state index in [0.29, 0.717) is 30.9 Å². The molecule has 0 bridgehead atoms. The van der Waals surface area contributed by atoms with Gasteiger partial charge in [0, 0.05) is 26.2 Å². The average Bonchev–Trinajstić information content (AvgIpc) is 2.89. The molecule has 0 radical (unpaired) electrons. The summed E-state index contributed by atoms with van der Waals surface area (Å²) in [5, 5.41) is 2.98. The van der Waals surface area contributed by atoms with Crippen molar-refractivity contribution in [2.24, 2.45) is 5.92 Å². The molecule has 34 heavy (non-hydrogen) atoms. The first kappa shape index (κ1) is 23.8. The number of piperidine rings is 2. The van der Waals surface area contributed by atoms with Crippen LogP contribution >= 0.6 is 0 Å². The molecule has 4 rings (SSSR count). The van der Waals surface area contributed by atoms with Gasteiger partial charge in [0.05, 0.1) is 30.2 Å². The summed E-state index contributed by atoms with van der Waals surface area (Å²) in [4.78, 5) is 42.4. The predicted molar refractivity (Wildman–Crippen MR) is 131 cm³/mol. The number of rotatable bonds is 7. The lowest BCUT2D eigenvalue weighted by Crippen LogP contribution is -2.44. The van der Waals surface area contributed by atoms with Crippen LogP contribution in [0.25, 0.3) is 0 Å². The Bertz CT molecular complexity index is 988. The zero-order valence-electron chi connectivity index (χ0n) is 19.6. The first-order valence-electron chi connectivity index (χ1n) is 12.3. The van der Waals surface area contributed by atoms with Crippen LogP contribution in [0.1, 0.15) is 48.9 Å². The van der Waals surface area contributed by atoms with E-state index in [4.69, 9.17) is 4.74 Å². The molecule has 2 saturated heterocycles. The molecule has 0 aliphatic carbocycles. The van der Waals surface area contributed by atoms with Crippen LogP contribution in [0.3, 0.4) is 0 Å². The van der Waals surface area contributed by atoms with Crippen molar-refractivity contribution in [2.75, 3.05) is 38.1 Å². The maximum atomic E-state index is 13.1. The third kappa shape index (κ3) is 6.16. The highest BCUT2D eigenvalue weighted by Crippen LogP contribution is 2.23. The molecule has 7 nitrogen and oxygen atoms in total. The molecule has 0 spiro atoms. The van der Waals surface area contributed by atoms with Gasteiger partial charge in [-0.3, -0.25) is 14.4 Å². The van der Waals surface area contributed by atoms with Crippen LogP contribution in [0, 0.1) is 5.92 Å². The topological polar surface area (TPSA) is 79.0 Å². The zero-order chi connectivity index (χ0) is 23.8. The normalized spacial score (nSPS) is 18.3. The third-order valence-corrected chi connectivity index (χ3v) is 6.53. The van der Waals surface area contributed by atoms with Crippen molar-refractivity contribution >= 4 is 23.4 Å². The first-order chi connectivity index (χ1) is 16.6. The number of nitrogens with zero attached hydrogens (tertiary/aromatic N) is 2. The van der Waals surface area contributed by atoms with Crippen LogP contribution in [0.5, 0.6) is 5.75 Å². The molecule has 2 heterocycles. The molecule has 1 N–H and O–H groups in total. The fourth-order valence-electron chi connectivity index (χ4n) is 4.63. The highest BCUT2D eigenvalue weighted by atomic mass is 16.5. The minimum absolute atomic E-state index is 0.00546. The van der Waals surface area contributed by atoms with Crippen molar-refractivity contribution in [3.05, 3.63) is 60.2 Å². The van der Waals surface area contributed by atoms with Crippen LogP contribution in [0.2, 0.25) is 0 Å². The van der Waals surface area contributed by atoms with E-state index in [1.54, 1.807) is 17.0 Å². The molecule has 2 aromatic carbocycles. The van der Waals surface area contributed by atoms with Crippen LogP contribution in [0.4, 0.5) is 5.69 Å². The van der Waals surface area contributed by atoms with E-state index in [-0.39, 0.29) is 30.1 Å². The Morgan fingerprint density at radius 3 is 2.35 bits per heavy atom. The molecule has 7 heteroatoms. The summed E-state index contributed by atoms with van der Waals surface area (Å²) in [5.41, 5.74) is 1.07. The Hall–Kier alpha value is -3.35. The molecule has 2 aromatic rings. The summed E-state index contributed by atoms with van der Waals surface area (Å²) in [6, 6.07) is 16.6. The molecule has 2 aliphatic rings. The summed E-state index contributed by atoms with van der Waals surface area (Å²) in [7, 11) is 0. The third-order valence-electron chi connectivity index (χ3n) is 6.53. The molecule has 2 fully saturated rings. The van der Waals surface area contributed by atoms with E-state index in [1.807, 2.05) is 47.4 Å². The molecular weight excluding hydrogens is 430 g/mol. The van der Waals surface area contributed by atoms with Gasteiger partial charge in [-0.2, -0.15) is 0 Å². The second-order valence-corrected chi connectivity index (χ2v) is 8.98. The lowest BCUT2D eigenvalue weighted by Gasteiger charge is -2.32. The highest BCUT2D eigenvalue weighted by molar-refractivity contribution is 6.04. The molecule has 3 amide bonds. The number of carbonyl (C=O) groups is 3. The van der Waals surface area contributed by atoms with E-state index in [2.05, 4.69) is 5.32 Å². The fourth-order valence-corrected chi connectivity index (χ4v) is 4.63. The SMILES string of the molecule is O=C(Nc1ccccc1C(=O)N1CCCCC1)C1CCCN(C(=O)CCOc2ccccc2)C1. The minimum Gasteiger partial charge on any atom is -0.493 e. The molecule has 1 atom stereocenters. The van der Waals surface area contributed by atoms with Crippen molar-refractivity contribution in [1.29, 1.82) is 0 Å². The van der Waals surface area contributed by atoms with Gasteiger partial charge in [-0.25, -0.2) is 0 Å². The van der Waals surface area contributed by atoms with Crippen molar-refractivity contribution in [2.45, 2.75) is 38.5 Å². The highest BCUT2D eigenvalue weighted by Gasteiger charge is 2.29. The second kappa shape index (κ2) is 11.7. The van der Waals surface area contributed by atoms with Crippen LogP contribution in [-0.4, -0.2) is 60.3 Å².